The molecule has 3 aromatic rings. The number of rotatable bonds is 1. The van der Waals surface area contributed by atoms with Crippen molar-refractivity contribution in [3.63, 3.8) is 0 Å². The van der Waals surface area contributed by atoms with Gasteiger partial charge in [-0.1, -0.05) is 24.4 Å². The normalized spacial score (nSPS) is 10.8. The van der Waals surface area contributed by atoms with Crippen LogP contribution in [0.1, 0.15) is 11.3 Å². The van der Waals surface area contributed by atoms with Gasteiger partial charge >= 0.3 is 0 Å². The predicted molar refractivity (Wildman–Crippen MR) is 79.6 cm³/mol. The molecule has 94 valence electrons. The van der Waals surface area contributed by atoms with Crippen molar-refractivity contribution in [2.45, 2.75) is 13.8 Å². The molecule has 3 nitrogen and oxygen atoms in total. The summed E-state index contributed by atoms with van der Waals surface area (Å²) in [5.74, 6) is 0. The van der Waals surface area contributed by atoms with Crippen LogP contribution in [-0.4, -0.2) is 15.0 Å². The molecular weight excluding hydrogens is 254 g/mol. The minimum Gasteiger partial charge on any atom is -0.346 e. The van der Waals surface area contributed by atoms with E-state index in [1.807, 2.05) is 26.0 Å². The van der Waals surface area contributed by atoms with Crippen molar-refractivity contribution in [2.24, 2.45) is 0 Å². The second kappa shape index (κ2) is 4.55. The average Bonchev–Trinajstić information content (AvgIpc) is 2.41. The molecule has 0 radical (unpaired) electrons. The van der Waals surface area contributed by atoms with Gasteiger partial charge in [0.25, 0.3) is 0 Å². The highest BCUT2D eigenvalue weighted by Gasteiger charge is 2.05. The lowest BCUT2D eigenvalue weighted by Crippen LogP contribution is -1.92. The molecule has 0 aliphatic rings. The highest BCUT2D eigenvalue weighted by atomic mass is 32.1. The summed E-state index contributed by atoms with van der Waals surface area (Å²) in [6, 6.07) is 10.3. The number of H-pyrrole nitrogens is 1. The second-order valence-electron chi connectivity index (χ2n) is 4.57. The first-order chi connectivity index (χ1) is 9.15. The fourth-order valence-electron chi connectivity index (χ4n) is 2.15. The molecule has 0 aliphatic heterocycles. The van der Waals surface area contributed by atoms with Gasteiger partial charge in [-0.05, 0) is 37.6 Å². The van der Waals surface area contributed by atoms with Crippen LogP contribution in [-0.2, 0) is 0 Å². The number of benzene rings is 1. The molecule has 1 aromatic carbocycles. The maximum absolute atomic E-state index is 5.21. The van der Waals surface area contributed by atoms with Crippen molar-refractivity contribution < 1.29 is 0 Å². The largest absolute Gasteiger partial charge is 0.346 e. The maximum Gasteiger partial charge on any atom is 0.132 e. The lowest BCUT2D eigenvalue weighted by atomic mass is 10.1. The monoisotopic (exact) mass is 267 g/mol. The summed E-state index contributed by atoms with van der Waals surface area (Å²) in [5.41, 5.74) is 5.15. The van der Waals surface area contributed by atoms with E-state index in [4.69, 9.17) is 12.2 Å². The van der Waals surface area contributed by atoms with Crippen molar-refractivity contribution >= 4 is 23.1 Å². The Hall–Kier alpha value is -2.07. The first kappa shape index (κ1) is 12.0. The number of aromatic amines is 1. The number of pyridine rings is 1. The maximum atomic E-state index is 5.21. The Kier molecular flexibility index (Phi) is 2.87. The molecule has 2 aromatic heterocycles. The van der Waals surface area contributed by atoms with Crippen molar-refractivity contribution in [3.05, 3.63) is 52.6 Å². The van der Waals surface area contributed by atoms with E-state index in [-0.39, 0.29) is 0 Å². The van der Waals surface area contributed by atoms with Crippen LogP contribution in [0.3, 0.4) is 0 Å². The van der Waals surface area contributed by atoms with Crippen LogP contribution in [0, 0.1) is 18.5 Å². The molecule has 0 amide bonds. The number of nitrogens with zero attached hydrogens (tertiary/aromatic N) is 2. The molecule has 0 saturated heterocycles. The summed E-state index contributed by atoms with van der Waals surface area (Å²) in [4.78, 5) is 11.8. The van der Waals surface area contributed by atoms with Crippen LogP contribution in [0.2, 0.25) is 0 Å². The fourth-order valence-corrected chi connectivity index (χ4v) is 2.31. The number of fused-ring (bicyclic) bond motifs is 1. The zero-order valence-corrected chi connectivity index (χ0v) is 11.6. The van der Waals surface area contributed by atoms with E-state index in [0.717, 1.165) is 33.4 Å². The number of aryl methyl sites for hydroxylation is 1. The number of nitrogens with one attached hydrogen (secondary N) is 1. The fraction of sp³-hybridized carbons (Fsp3) is 0.133. The van der Waals surface area contributed by atoms with Gasteiger partial charge in [0.2, 0.25) is 0 Å². The first-order valence-corrected chi connectivity index (χ1v) is 6.48. The second-order valence-corrected chi connectivity index (χ2v) is 4.95. The van der Waals surface area contributed by atoms with Crippen molar-refractivity contribution in [3.8, 4) is 11.3 Å². The van der Waals surface area contributed by atoms with E-state index >= 15 is 0 Å². The Morgan fingerprint density at radius 1 is 1.11 bits per heavy atom. The van der Waals surface area contributed by atoms with Gasteiger partial charge in [0.1, 0.15) is 4.64 Å². The van der Waals surface area contributed by atoms with Gasteiger partial charge in [-0.25, -0.2) is 4.98 Å². The van der Waals surface area contributed by atoms with E-state index in [2.05, 4.69) is 33.2 Å². The average molecular weight is 267 g/mol. The highest BCUT2D eigenvalue weighted by Crippen LogP contribution is 2.24. The zero-order chi connectivity index (χ0) is 13.4. The summed E-state index contributed by atoms with van der Waals surface area (Å²) in [7, 11) is 0. The smallest absolute Gasteiger partial charge is 0.132 e. The van der Waals surface area contributed by atoms with Gasteiger partial charge in [-0.15, -0.1) is 0 Å². The molecule has 3 rings (SSSR count). The third-order valence-corrected chi connectivity index (χ3v) is 3.62. The molecule has 1 N–H and O–H groups in total. The van der Waals surface area contributed by atoms with Gasteiger partial charge < -0.3 is 4.98 Å². The third kappa shape index (κ3) is 2.15. The summed E-state index contributed by atoms with van der Waals surface area (Å²) in [6.45, 7) is 3.98. The Morgan fingerprint density at radius 3 is 2.79 bits per heavy atom. The van der Waals surface area contributed by atoms with E-state index in [0.29, 0.717) is 4.64 Å². The number of aromatic nitrogens is 3. The molecule has 19 heavy (non-hydrogen) atoms. The Labute approximate surface area is 116 Å². The Balaban J connectivity index is 2.23. The third-order valence-electron chi connectivity index (χ3n) is 3.20. The zero-order valence-electron chi connectivity index (χ0n) is 10.8. The molecule has 4 heteroatoms. The summed E-state index contributed by atoms with van der Waals surface area (Å²) >= 11 is 5.21. The lowest BCUT2D eigenvalue weighted by molar-refractivity contribution is 1.12. The summed E-state index contributed by atoms with van der Waals surface area (Å²) in [6.07, 6.45) is 1.64. The molecule has 0 saturated carbocycles. The molecule has 0 aliphatic carbocycles. The molecule has 0 unspecified atom stereocenters. The molecule has 2 heterocycles. The van der Waals surface area contributed by atoms with E-state index in [1.165, 1.54) is 0 Å². The molecule has 0 bridgehead atoms. The van der Waals surface area contributed by atoms with E-state index < -0.39 is 0 Å². The topological polar surface area (TPSA) is 41.6 Å². The molecular formula is C15H13N3S. The van der Waals surface area contributed by atoms with E-state index in [9.17, 15) is 0 Å². The summed E-state index contributed by atoms with van der Waals surface area (Å²) < 4.78 is 0.635. The van der Waals surface area contributed by atoms with Gasteiger partial charge in [0, 0.05) is 16.6 Å². The van der Waals surface area contributed by atoms with Crippen LogP contribution in [0.5, 0.6) is 0 Å². The van der Waals surface area contributed by atoms with Gasteiger partial charge in [-0.2, -0.15) is 0 Å². The van der Waals surface area contributed by atoms with Crippen LogP contribution in [0.15, 0.2) is 36.7 Å². The standard InChI is InChI=1S/C15H13N3S/c1-9-3-4-11-7-12(5-6-13(11)18-9)14-10(2)15(19)17-8-16-14/h3-8H,1-2H3,(H,16,17,19). The van der Waals surface area contributed by atoms with Crippen LogP contribution >= 0.6 is 12.2 Å². The quantitative estimate of drug-likeness (QED) is 0.678. The first-order valence-electron chi connectivity index (χ1n) is 6.07. The van der Waals surface area contributed by atoms with Crippen LogP contribution < -0.4 is 0 Å². The number of hydrogen-bond donors (Lipinski definition) is 1. The van der Waals surface area contributed by atoms with Crippen molar-refractivity contribution in [1.82, 2.24) is 15.0 Å². The minimum atomic E-state index is 0.635. The SMILES string of the molecule is Cc1ccc2cc(-c3[nH]cnc(=S)c3C)ccc2n1. The highest BCUT2D eigenvalue weighted by molar-refractivity contribution is 7.71. The van der Waals surface area contributed by atoms with E-state index in [1.54, 1.807) is 6.33 Å². The number of hydrogen-bond acceptors (Lipinski definition) is 3. The van der Waals surface area contributed by atoms with Crippen LogP contribution in [0.4, 0.5) is 0 Å². The van der Waals surface area contributed by atoms with Crippen molar-refractivity contribution in [2.75, 3.05) is 0 Å². The lowest BCUT2D eigenvalue weighted by Gasteiger charge is -2.07. The predicted octanol–water partition coefficient (Wildman–Crippen LogP) is 3.97. The van der Waals surface area contributed by atoms with Gasteiger partial charge in [0.15, 0.2) is 0 Å². The Morgan fingerprint density at radius 2 is 1.95 bits per heavy atom. The van der Waals surface area contributed by atoms with Crippen molar-refractivity contribution in [1.29, 1.82) is 0 Å². The molecule has 0 fully saturated rings. The van der Waals surface area contributed by atoms with Gasteiger partial charge in [-0.3, -0.25) is 4.98 Å². The van der Waals surface area contributed by atoms with Gasteiger partial charge in [0.05, 0.1) is 17.5 Å². The molecule has 0 spiro atoms. The Bertz CT molecular complexity index is 821. The molecule has 0 atom stereocenters. The van der Waals surface area contributed by atoms with Crippen LogP contribution in [0.25, 0.3) is 22.2 Å². The summed E-state index contributed by atoms with van der Waals surface area (Å²) in [5, 5.41) is 1.12. The minimum absolute atomic E-state index is 0.635.